The van der Waals surface area contributed by atoms with Crippen molar-refractivity contribution in [2.75, 3.05) is 0 Å². The molecule has 0 bridgehead atoms. The van der Waals surface area contributed by atoms with E-state index in [4.69, 9.17) is 0 Å². The molecule has 1 aliphatic rings. The third-order valence-corrected chi connectivity index (χ3v) is 15.0. The van der Waals surface area contributed by atoms with Gasteiger partial charge in [-0.1, -0.05) is 106 Å². The monoisotopic (exact) mass is 296 g/mol. The molecule has 0 N–H and O–H groups in total. The first-order valence-corrected chi connectivity index (χ1v) is 11.7. The largest absolute Gasteiger partial charge is 0.0682 e. The summed E-state index contributed by atoms with van der Waals surface area (Å²) in [5, 5.41) is 1.03. The van der Waals surface area contributed by atoms with Gasteiger partial charge in [-0.25, -0.2) is 0 Å². The quantitative estimate of drug-likeness (QED) is 0.438. The van der Waals surface area contributed by atoms with E-state index in [1.54, 1.807) is 0 Å². The number of hydrogen-bond acceptors (Lipinski definition) is 0. The molecule has 1 saturated carbocycles. The Labute approximate surface area is 130 Å². The Morgan fingerprint density at radius 1 is 0.600 bits per heavy atom. The lowest BCUT2D eigenvalue weighted by molar-refractivity contribution is 0.470. The maximum atomic E-state index is 2.73. The highest BCUT2D eigenvalue weighted by molar-refractivity contribution is 6.85. The molecule has 120 valence electrons. The predicted molar refractivity (Wildman–Crippen MR) is 96.4 cm³/mol. The lowest BCUT2D eigenvalue weighted by Gasteiger charge is -2.55. The highest BCUT2D eigenvalue weighted by atomic mass is 28.3. The molecule has 1 fully saturated rings. The van der Waals surface area contributed by atoms with Gasteiger partial charge < -0.3 is 0 Å². The van der Waals surface area contributed by atoms with Crippen molar-refractivity contribution in [1.82, 2.24) is 0 Å². The van der Waals surface area contributed by atoms with Gasteiger partial charge in [-0.05, 0) is 15.6 Å². The second-order valence-electron chi connectivity index (χ2n) is 9.45. The molecule has 1 heteroatoms. The van der Waals surface area contributed by atoms with Gasteiger partial charge in [0, 0.05) is 0 Å². The Bertz CT molecular complexity index is 255. The van der Waals surface area contributed by atoms with Crippen LogP contribution in [-0.4, -0.2) is 8.07 Å². The molecule has 0 aromatic rings. The van der Waals surface area contributed by atoms with Crippen LogP contribution in [-0.2, 0) is 0 Å². The molecule has 20 heavy (non-hydrogen) atoms. The summed E-state index contributed by atoms with van der Waals surface area (Å²) in [6.07, 6.45) is 13.4. The van der Waals surface area contributed by atoms with E-state index in [1.807, 2.05) is 0 Å². The van der Waals surface area contributed by atoms with Crippen molar-refractivity contribution in [2.45, 2.75) is 121 Å². The fourth-order valence-electron chi connectivity index (χ4n) is 4.74. The van der Waals surface area contributed by atoms with Crippen molar-refractivity contribution >= 4 is 8.07 Å². The lowest BCUT2D eigenvalue weighted by Crippen LogP contribution is -2.52. The second kappa shape index (κ2) is 6.98. The molecular formula is C19H40Si. The van der Waals surface area contributed by atoms with Gasteiger partial charge in [-0.2, -0.15) is 0 Å². The molecule has 1 aliphatic carbocycles. The van der Waals surface area contributed by atoms with Gasteiger partial charge in [0.25, 0.3) is 0 Å². The smallest absolute Gasteiger partial charge is 0.0643 e. The minimum atomic E-state index is -1.35. The molecule has 1 rings (SSSR count). The molecule has 0 amide bonds. The van der Waals surface area contributed by atoms with Crippen LogP contribution in [0, 0.1) is 0 Å². The Balaban J connectivity index is 2.97. The second-order valence-corrected chi connectivity index (χ2v) is 15.7. The summed E-state index contributed by atoms with van der Waals surface area (Å²) in [7, 11) is -1.35. The molecule has 0 radical (unpaired) electrons. The first-order chi connectivity index (χ1) is 9.11. The Morgan fingerprint density at radius 2 is 0.900 bits per heavy atom. The van der Waals surface area contributed by atoms with Crippen LogP contribution < -0.4 is 0 Å². The van der Waals surface area contributed by atoms with E-state index in [0.717, 1.165) is 5.54 Å². The molecule has 0 aromatic heterocycles. The fraction of sp³-hybridized carbons (Fsp3) is 1.00. The van der Waals surface area contributed by atoms with Crippen LogP contribution in [0.2, 0.25) is 22.2 Å². The molecule has 0 saturated heterocycles. The molecule has 0 aliphatic heterocycles. The average Bonchev–Trinajstić information content (AvgIpc) is 2.32. The van der Waals surface area contributed by atoms with Gasteiger partial charge in [-0.15, -0.1) is 0 Å². The summed E-state index contributed by atoms with van der Waals surface area (Å²) in [4.78, 5) is 0. The van der Waals surface area contributed by atoms with Crippen molar-refractivity contribution in [3.05, 3.63) is 0 Å². The van der Waals surface area contributed by atoms with E-state index < -0.39 is 8.07 Å². The molecular weight excluding hydrogens is 256 g/mol. The van der Waals surface area contributed by atoms with Crippen LogP contribution in [0.15, 0.2) is 0 Å². The molecule has 0 spiro atoms. The van der Waals surface area contributed by atoms with Crippen molar-refractivity contribution in [1.29, 1.82) is 0 Å². The minimum Gasteiger partial charge on any atom is -0.0682 e. The van der Waals surface area contributed by atoms with Gasteiger partial charge >= 0.3 is 0 Å². The Hall–Kier alpha value is 0.217. The third kappa shape index (κ3) is 4.12. The van der Waals surface area contributed by atoms with Crippen LogP contribution in [0.3, 0.4) is 0 Å². The van der Waals surface area contributed by atoms with E-state index >= 15 is 0 Å². The van der Waals surface area contributed by atoms with Gasteiger partial charge in [0.1, 0.15) is 0 Å². The van der Waals surface area contributed by atoms with Crippen molar-refractivity contribution in [3.63, 3.8) is 0 Å². The summed E-state index contributed by atoms with van der Waals surface area (Å²) < 4.78 is 0. The lowest BCUT2D eigenvalue weighted by atomic mass is 10.0. The number of rotatable bonds is 1. The van der Waals surface area contributed by atoms with Gasteiger partial charge in [-0.3, -0.25) is 0 Å². The first kappa shape index (κ1) is 18.3. The number of hydrogen-bond donors (Lipinski definition) is 0. The SMILES string of the molecule is CC(C)(C)[Si](C)(C1CCCCCCCCC1)C(C)(C)C. The van der Waals surface area contributed by atoms with Crippen LogP contribution in [0.1, 0.15) is 99.3 Å². The summed E-state index contributed by atoms with van der Waals surface area (Å²) in [6, 6.07) is 0. The predicted octanol–water partition coefficient (Wildman–Crippen LogP) is 7.56. The van der Waals surface area contributed by atoms with Gasteiger partial charge in [0.2, 0.25) is 0 Å². The van der Waals surface area contributed by atoms with E-state index in [0.29, 0.717) is 10.1 Å². The maximum absolute atomic E-state index is 2.73. The first-order valence-electron chi connectivity index (χ1n) is 9.11. The molecule has 0 unspecified atom stereocenters. The molecule has 0 atom stereocenters. The van der Waals surface area contributed by atoms with E-state index in [-0.39, 0.29) is 0 Å². The Kier molecular flexibility index (Phi) is 6.38. The topological polar surface area (TPSA) is 0 Å². The molecule has 0 nitrogen and oxygen atoms in total. The Morgan fingerprint density at radius 3 is 1.20 bits per heavy atom. The van der Waals surface area contributed by atoms with Crippen LogP contribution in [0.5, 0.6) is 0 Å². The average molecular weight is 297 g/mol. The summed E-state index contributed by atoms with van der Waals surface area (Å²) in [6.45, 7) is 17.9. The normalized spacial score (nSPS) is 21.8. The van der Waals surface area contributed by atoms with Crippen molar-refractivity contribution in [3.8, 4) is 0 Å². The zero-order valence-corrected chi connectivity index (χ0v) is 16.4. The van der Waals surface area contributed by atoms with E-state index in [1.165, 1.54) is 57.8 Å². The maximum Gasteiger partial charge on any atom is 0.0643 e. The van der Waals surface area contributed by atoms with E-state index in [2.05, 4.69) is 48.1 Å². The summed E-state index contributed by atoms with van der Waals surface area (Å²) in [5.74, 6) is 0. The van der Waals surface area contributed by atoms with E-state index in [9.17, 15) is 0 Å². The fourth-order valence-corrected chi connectivity index (χ4v) is 11.0. The minimum absolute atomic E-state index is 0.514. The van der Waals surface area contributed by atoms with Crippen molar-refractivity contribution in [2.24, 2.45) is 0 Å². The standard InChI is InChI=1S/C19H40Si/c1-18(2,3)20(7,19(4,5)6)17-15-13-11-9-8-10-12-14-16-17/h17H,8-16H2,1-7H3. The van der Waals surface area contributed by atoms with Crippen molar-refractivity contribution < 1.29 is 0 Å². The van der Waals surface area contributed by atoms with Gasteiger partial charge in [0.15, 0.2) is 0 Å². The van der Waals surface area contributed by atoms with Crippen LogP contribution >= 0.6 is 0 Å². The van der Waals surface area contributed by atoms with Crippen LogP contribution in [0.4, 0.5) is 0 Å². The van der Waals surface area contributed by atoms with Crippen LogP contribution in [0.25, 0.3) is 0 Å². The third-order valence-electron chi connectivity index (χ3n) is 6.54. The zero-order valence-electron chi connectivity index (χ0n) is 15.4. The zero-order chi connectivity index (χ0) is 15.4. The highest BCUT2D eigenvalue weighted by Gasteiger charge is 2.52. The summed E-state index contributed by atoms with van der Waals surface area (Å²) >= 11 is 0. The summed E-state index contributed by atoms with van der Waals surface area (Å²) in [5.41, 5.74) is 1.03. The molecule has 0 heterocycles. The highest BCUT2D eigenvalue weighted by Crippen LogP contribution is 2.59. The van der Waals surface area contributed by atoms with Gasteiger partial charge in [0.05, 0.1) is 8.07 Å². The molecule has 0 aromatic carbocycles.